The molecule has 1 fully saturated rings. The van der Waals surface area contributed by atoms with Crippen LogP contribution in [-0.2, 0) is 24.3 Å². The van der Waals surface area contributed by atoms with Crippen molar-refractivity contribution in [2.75, 3.05) is 26.2 Å². The monoisotopic (exact) mass is 327 g/mol. The van der Waals surface area contributed by atoms with Crippen molar-refractivity contribution in [3.05, 3.63) is 47.8 Å². The summed E-state index contributed by atoms with van der Waals surface area (Å²) >= 11 is 0. The van der Waals surface area contributed by atoms with Gasteiger partial charge in [0.15, 0.2) is 0 Å². The molecule has 2 aromatic rings. The summed E-state index contributed by atoms with van der Waals surface area (Å²) in [4.78, 5) is 15.6. The Bertz CT molecular complexity index is 646. The summed E-state index contributed by atoms with van der Waals surface area (Å²) in [6, 6.07) is 10.5. The third kappa shape index (κ3) is 4.64. The fourth-order valence-corrected chi connectivity index (χ4v) is 3.06. The number of hydrogen-bond donors (Lipinski definition) is 0. The molecule has 1 aliphatic heterocycles. The molecular weight excluding hydrogens is 302 g/mol. The topological polar surface area (TPSA) is 54.3 Å². The lowest BCUT2D eigenvalue weighted by molar-refractivity contribution is -0.130. The smallest absolute Gasteiger partial charge is 0.219 e. The highest BCUT2D eigenvalue weighted by Gasteiger charge is 2.19. The molecule has 1 aliphatic rings. The Morgan fingerprint density at radius 3 is 2.58 bits per heavy atom. The van der Waals surface area contributed by atoms with Crippen LogP contribution in [0.3, 0.4) is 0 Å². The molecule has 0 radical (unpaired) electrons. The maximum Gasteiger partial charge on any atom is 0.219 e. The molecule has 0 unspecified atom stereocenters. The molecule has 1 amide bonds. The van der Waals surface area contributed by atoms with Crippen LogP contribution in [0, 0.1) is 0 Å². The van der Waals surface area contributed by atoms with Crippen molar-refractivity contribution in [2.45, 2.75) is 32.9 Å². The molecule has 0 saturated carbocycles. The van der Waals surface area contributed by atoms with Crippen LogP contribution in [0.1, 0.15) is 24.6 Å². The molecule has 2 heterocycles. The zero-order chi connectivity index (χ0) is 16.8. The Morgan fingerprint density at radius 1 is 1.12 bits per heavy atom. The lowest BCUT2D eigenvalue weighted by Gasteiger charge is -2.33. The fraction of sp³-hybridized carbons (Fsp3) is 0.500. The van der Waals surface area contributed by atoms with Crippen LogP contribution in [0.2, 0.25) is 0 Å². The number of carbonyl (C=O) groups excluding carboxylic acids is 1. The van der Waals surface area contributed by atoms with Gasteiger partial charge in [-0.05, 0) is 18.4 Å². The summed E-state index contributed by atoms with van der Waals surface area (Å²) in [5.41, 5.74) is 2.37. The molecule has 128 valence electrons. The van der Waals surface area contributed by atoms with Crippen molar-refractivity contribution in [1.29, 1.82) is 0 Å². The first-order valence-electron chi connectivity index (χ1n) is 8.61. The quantitative estimate of drug-likeness (QED) is 0.808. The van der Waals surface area contributed by atoms with E-state index < -0.39 is 0 Å². The van der Waals surface area contributed by atoms with E-state index in [1.165, 1.54) is 5.56 Å². The second kappa shape index (κ2) is 8.06. The Morgan fingerprint density at radius 2 is 1.88 bits per heavy atom. The highest BCUT2D eigenvalue weighted by molar-refractivity contribution is 5.73. The van der Waals surface area contributed by atoms with E-state index in [1.807, 2.05) is 21.8 Å². The number of aromatic nitrogens is 3. The predicted octanol–water partition coefficient (Wildman–Crippen LogP) is 1.57. The zero-order valence-corrected chi connectivity index (χ0v) is 14.3. The number of rotatable bonds is 6. The van der Waals surface area contributed by atoms with Crippen molar-refractivity contribution >= 4 is 5.91 Å². The lowest BCUT2D eigenvalue weighted by atomic mass is 10.1. The first-order valence-corrected chi connectivity index (χ1v) is 8.61. The highest BCUT2D eigenvalue weighted by Crippen LogP contribution is 2.08. The third-order valence-corrected chi connectivity index (χ3v) is 4.48. The van der Waals surface area contributed by atoms with E-state index in [0.717, 1.165) is 57.8 Å². The van der Waals surface area contributed by atoms with Crippen LogP contribution in [0.25, 0.3) is 0 Å². The Labute approximate surface area is 143 Å². The van der Waals surface area contributed by atoms with E-state index >= 15 is 0 Å². The van der Waals surface area contributed by atoms with Crippen molar-refractivity contribution in [3.8, 4) is 0 Å². The van der Waals surface area contributed by atoms with Gasteiger partial charge in [0.1, 0.15) is 0 Å². The van der Waals surface area contributed by atoms with Gasteiger partial charge in [0.05, 0.1) is 5.69 Å². The minimum atomic E-state index is 0.166. The standard InChI is InChI=1S/C18H25N5O/c1-16(24)22-12-10-21(11-13-22)14-18-15-23(20-19-18)9-5-8-17-6-3-2-4-7-17/h2-4,6-7,15H,5,8-14H2,1H3. The first-order chi connectivity index (χ1) is 11.7. The number of piperazine rings is 1. The molecule has 24 heavy (non-hydrogen) atoms. The molecule has 0 aliphatic carbocycles. The maximum absolute atomic E-state index is 11.4. The molecule has 1 saturated heterocycles. The normalized spacial score (nSPS) is 15.6. The fourth-order valence-electron chi connectivity index (χ4n) is 3.06. The highest BCUT2D eigenvalue weighted by atomic mass is 16.2. The lowest BCUT2D eigenvalue weighted by Crippen LogP contribution is -2.47. The van der Waals surface area contributed by atoms with Gasteiger partial charge in [-0.1, -0.05) is 35.5 Å². The third-order valence-electron chi connectivity index (χ3n) is 4.48. The number of aryl methyl sites for hydroxylation is 2. The van der Waals surface area contributed by atoms with Gasteiger partial charge in [-0.25, -0.2) is 0 Å². The van der Waals surface area contributed by atoms with Gasteiger partial charge in [0.2, 0.25) is 5.91 Å². The van der Waals surface area contributed by atoms with Gasteiger partial charge in [0.25, 0.3) is 0 Å². The van der Waals surface area contributed by atoms with E-state index in [9.17, 15) is 4.79 Å². The van der Waals surface area contributed by atoms with Crippen molar-refractivity contribution in [1.82, 2.24) is 24.8 Å². The van der Waals surface area contributed by atoms with E-state index in [4.69, 9.17) is 0 Å². The van der Waals surface area contributed by atoms with Crippen LogP contribution in [-0.4, -0.2) is 56.9 Å². The second-order valence-electron chi connectivity index (χ2n) is 6.34. The molecule has 6 heteroatoms. The number of carbonyl (C=O) groups is 1. The summed E-state index contributed by atoms with van der Waals surface area (Å²) in [7, 11) is 0. The number of hydrogen-bond acceptors (Lipinski definition) is 4. The average molecular weight is 327 g/mol. The minimum Gasteiger partial charge on any atom is -0.340 e. The van der Waals surface area contributed by atoms with Crippen molar-refractivity contribution in [2.24, 2.45) is 0 Å². The first kappa shape index (κ1) is 16.6. The van der Waals surface area contributed by atoms with Crippen LogP contribution in [0.4, 0.5) is 0 Å². The summed E-state index contributed by atoms with van der Waals surface area (Å²) in [5.74, 6) is 0.166. The van der Waals surface area contributed by atoms with E-state index in [2.05, 4.69) is 39.5 Å². The Hall–Kier alpha value is -2.21. The Balaban J connectivity index is 1.42. The number of amides is 1. The number of benzene rings is 1. The SMILES string of the molecule is CC(=O)N1CCN(Cc2cn(CCCc3ccccc3)nn2)CC1. The minimum absolute atomic E-state index is 0.166. The summed E-state index contributed by atoms with van der Waals surface area (Å²) in [6.07, 6.45) is 4.16. The van der Waals surface area contributed by atoms with Gasteiger partial charge >= 0.3 is 0 Å². The molecular formula is C18H25N5O. The zero-order valence-electron chi connectivity index (χ0n) is 14.3. The molecule has 0 N–H and O–H groups in total. The number of nitrogens with zero attached hydrogens (tertiary/aromatic N) is 5. The van der Waals surface area contributed by atoms with Crippen LogP contribution in [0.15, 0.2) is 36.5 Å². The molecule has 0 spiro atoms. The Kier molecular flexibility index (Phi) is 5.59. The van der Waals surface area contributed by atoms with E-state index in [1.54, 1.807) is 6.92 Å². The maximum atomic E-state index is 11.4. The largest absolute Gasteiger partial charge is 0.340 e. The van der Waals surface area contributed by atoms with Gasteiger partial charge in [0, 0.05) is 52.4 Å². The van der Waals surface area contributed by atoms with Crippen LogP contribution >= 0.6 is 0 Å². The summed E-state index contributed by atoms with van der Waals surface area (Å²) < 4.78 is 1.93. The summed E-state index contributed by atoms with van der Waals surface area (Å²) in [5, 5.41) is 8.51. The average Bonchev–Trinajstić information content (AvgIpc) is 3.04. The molecule has 1 aromatic carbocycles. The molecule has 3 rings (SSSR count). The second-order valence-corrected chi connectivity index (χ2v) is 6.34. The molecule has 1 aromatic heterocycles. The molecule has 6 nitrogen and oxygen atoms in total. The van der Waals surface area contributed by atoms with Gasteiger partial charge in [-0.2, -0.15) is 0 Å². The van der Waals surface area contributed by atoms with Crippen LogP contribution in [0.5, 0.6) is 0 Å². The van der Waals surface area contributed by atoms with Crippen LogP contribution < -0.4 is 0 Å². The molecule has 0 atom stereocenters. The van der Waals surface area contributed by atoms with E-state index in [-0.39, 0.29) is 5.91 Å². The van der Waals surface area contributed by atoms with Gasteiger partial charge < -0.3 is 4.90 Å². The van der Waals surface area contributed by atoms with Crippen molar-refractivity contribution in [3.63, 3.8) is 0 Å². The molecule has 0 bridgehead atoms. The van der Waals surface area contributed by atoms with Gasteiger partial charge in [-0.3, -0.25) is 14.4 Å². The summed E-state index contributed by atoms with van der Waals surface area (Å²) in [6.45, 7) is 6.75. The predicted molar refractivity (Wildman–Crippen MR) is 92.3 cm³/mol. The van der Waals surface area contributed by atoms with E-state index in [0.29, 0.717) is 0 Å². The van der Waals surface area contributed by atoms with Gasteiger partial charge in [-0.15, -0.1) is 5.10 Å². The van der Waals surface area contributed by atoms with Crippen molar-refractivity contribution < 1.29 is 4.79 Å².